The molecule has 0 aliphatic carbocycles. The van der Waals surface area contributed by atoms with Crippen molar-refractivity contribution in [3.05, 3.63) is 22.4 Å². The first kappa shape index (κ1) is 12.2. The molecule has 0 spiro atoms. The van der Waals surface area contributed by atoms with Crippen molar-refractivity contribution in [2.24, 2.45) is 0 Å². The van der Waals surface area contributed by atoms with Gasteiger partial charge in [0.2, 0.25) is 0 Å². The molecule has 0 aromatic carbocycles. The van der Waals surface area contributed by atoms with E-state index in [9.17, 15) is 4.79 Å². The van der Waals surface area contributed by atoms with E-state index in [0.29, 0.717) is 25.2 Å². The zero-order chi connectivity index (χ0) is 12.3. The van der Waals surface area contributed by atoms with Crippen molar-refractivity contribution in [2.75, 3.05) is 13.7 Å². The first-order valence-corrected chi connectivity index (χ1v) is 6.29. The number of thiophene rings is 1. The molecule has 92 valence electrons. The monoisotopic (exact) mass is 253 g/mol. The predicted molar refractivity (Wildman–Crippen MR) is 66.0 cm³/mol. The second kappa shape index (κ2) is 5.39. The third-order valence-corrected chi connectivity index (χ3v) is 3.55. The summed E-state index contributed by atoms with van der Waals surface area (Å²) in [7, 11) is 1.48. The highest BCUT2D eigenvalue weighted by molar-refractivity contribution is 7.09. The number of nitrogens with one attached hydrogen (secondary N) is 2. The van der Waals surface area contributed by atoms with Gasteiger partial charge in [-0.2, -0.15) is 0 Å². The van der Waals surface area contributed by atoms with Crippen LogP contribution >= 0.6 is 11.3 Å². The van der Waals surface area contributed by atoms with E-state index in [4.69, 9.17) is 10.2 Å². The van der Waals surface area contributed by atoms with Crippen LogP contribution in [0, 0.1) is 5.41 Å². The lowest BCUT2D eigenvalue weighted by atomic mass is 10.2. The first-order valence-electron chi connectivity index (χ1n) is 5.41. The third-order valence-electron chi connectivity index (χ3n) is 2.68. The summed E-state index contributed by atoms with van der Waals surface area (Å²) in [6, 6.07) is 3.38. The molecule has 6 heteroatoms. The Morgan fingerprint density at radius 1 is 1.76 bits per heavy atom. The van der Waals surface area contributed by atoms with E-state index in [0.717, 1.165) is 4.88 Å². The van der Waals surface area contributed by atoms with Gasteiger partial charge < -0.3 is 10.7 Å². The Balaban J connectivity index is 2.02. The van der Waals surface area contributed by atoms with Gasteiger partial charge in [0.25, 0.3) is 5.91 Å². The second-order valence-corrected chi connectivity index (χ2v) is 4.83. The van der Waals surface area contributed by atoms with E-state index in [1.54, 1.807) is 11.3 Å². The number of hydroxylamine groups is 2. The lowest BCUT2D eigenvalue weighted by molar-refractivity contribution is -0.179. The molecule has 17 heavy (non-hydrogen) atoms. The molecular weight excluding hydrogens is 238 g/mol. The molecule has 1 aromatic rings. The molecule has 0 bridgehead atoms. The van der Waals surface area contributed by atoms with Crippen molar-refractivity contribution in [1.29, 1.82) is 5.41 Å². The van der Waals surface area contributed by atoms with Gasteiger partial charge >= 0.3 is 0 Å². The second-order valence-electron chi connectivity index (χ2n) is 3.80. The molecule has 5 nitrogen and oxygen atoms in total. The highest BCUT2D eigenvalue weighted by Gasteiger charge is 2.31. The fourth-order valence-electron chi connectivity index (χ4n) is 1.78. The molecule has 1 aliphatic heterocycles. The molecular formula is C11H15N3O2S. The topological polar surface area (TPSA) is 65.4 Å². The highest BCUT2D eigenvalue weighted by Crippen LogP contribution is 2.14. The van der Waals surface area contributed by atoms with Crippen LogP contribution in [-0.4, -0.2) is 36.4 Å². The molecule has 1 aromatic heterocycles. The van der Waals surface area contributed by atoms with Gasteiger partial charge in [-0.3, -0.25) is 9.63 Å². The van der Waals surface area contributed by atoms with E-state index in [1.165, 1.54) is 12.2 Å². The SMILES string of the molecule is CON(Cc1cccs1)C(=O)C1NCCC1=N. The first-order chi connectivity index (χ1) is 8.22. The third kappa shape index (κ3) is 2.71. The molecule has 2 heterocycles. The van der Waals surface area contributed by atoms with Gasteiger partial charge in [0.05, 0.1) is 13.7 Å². The lowest BCUT2D eigenvalue weighted by Gasteiger charge is -2.22. The van der Waals surface area contributed by atoms with Gasteiger partial charge in [-0.05, 0) is 17.9 Å². The smallest absolute Gasteiger partial charge is 0.269 e. The average Bonchev–Trinajstić information content (AvgIpc) is 2.96. The Bertz CT molecular complexity index is 405. The number of nitrogens with zero attached hydrogens (tertiary/aromatic N) is 1. The maximum atomic E-state index is 12.1. The average molecular weight is 253 g/mol. The van der Waals surface area contributed by atoms with Crippen LogP contribution in [0.4, 0.5) is 0 Å². The van der Waals surface area contributed by atoms with Crippen molar-refractivity contribution >= 4 is 23.0 Å². The van der Waals surface area contributed by atoms with Gasteiger partial charge in [0, 0.05) is 17.1 Å². The minimum Gasteiger partial charge on any atom is -0.307 e. The van der Waals surface area contributed by atoms with Crippen LogP contribution in [0.1, 0.15) is 11.3 Å². The van der Waals surface area contributed by atoms with Crippen LogP contribution in [0.3, 0.4) is 0 Å². The van der Waals surface area contributed by atoms with E-state index in [2.05, 4.69) is 5.32 Å². The van der Waals surface area contributed by atoms with E-state index in [-0.39, 0.29) is 5.91 Å². The number of carbonyl (C=O) groups excluding carboxylic acids is 1. The van der Waals surface area contributed by atoms with Crippen molar-refractivity contribution in [2.45, 2.75) is 19.0 Å². The largest absolute Gasteiger partial charge is 0.307 e. The minimum absolute atomic E-state index is 0.191. The molecule has 0 saturated carbocycles. The van der Waals surface area contributed by atoms with Crippen molar-refractivity contribution < 1.29 is 9.63 Å². The molecule has 1 aliphatic rings. The maximum Gasteiger partial charge on any atom is 0.269 e. The van der Waals surface area contributed by atoms with Crippen molar-refractivity contribution in [3.63, 3.8) is 0 Å². The van der Waals surface area contributed by atoms with Crippen LogP contribution < -0.4 is 5.32 Å². The van der Waals surface area contributed by atoms with Crippen LogP contribution in [-0.2, 0) is 16.2 Å². The number of carbonyl (C=O) groups is 1. The summed E-state index contributed by atoms with van der Waals surface area (Å²) in [5.41, 5.74) is 0.434. The van der Waals surface area contributed by atoms with Gasteiger partial charge in [0.1, 0.15) is 6.04 Å². The molecule has 2 N–H and O–H groups in total. The van der Waals surface area contributed by atoms with Crippen molar-refractivity contribution in [3.8, 4) is 0 Å². The Morgan fingerprint density at radius 2 is 2.59 bits per heavy atom. The van der Waals surface area contributed by atoms with Crippen molar-refractivity contribution in [1.82, 2.24) is 10.4 Å². The number of rotatable bonds is 4. The fourth-order valence-corrected chi connectivity index (χ4v) is 2.46. The van der Waals surface area contributed by atoms with E-state index < -0.39 is 6.04 Å². The van der Waals surface area contributed by atoms with E-state index in [1.807, 2.05) is 17.5 Å². The summed E-state index contributed by atoms with van der Waals surface area (Å²) in [5, 5.41) is 14.0. The Morgan fingerprint density at radius 3 is 3.12 bits per heavy atom. The Labute approximate surface area is 104 Å². The molecule has 1 saturated heterocycles. The van der Waals surface area contributed by atoms with E-state index >= 15 is 0 Å². The molecule has 2 rings (SSSR count). The van der Waals surface area contributed by atoms with Crippen LogP contribution in [0.25, 0.3) is 0 Å². The Kier molecular flexibility index (Phi) is 3.88. The van der Waals surface area contributed by atoms with Gasteiger partial charge in [-0.15, -0.1) is 11.3 Å². The molecule has 1 amide bonds. The summed E-state index contributed by atoms with van der Waals surface area (Å²) >= 11 is 1.58. The zero-order valence-electron chi connectivity index (χ0n) is 9.60. The summed E-state index contributed by atoms with van der Waals surface area (Å²) in [6.07, 6.45) is 0.632. The normalized spacial score (nSPS) is 19.6. The highest BCUT2D eigenvalue weighted by atomic mass is 32.1. The molecule has 1 unspecified atom stereocenters. The number of amides is 1. The molecule has 0 radical (unpaired) electrons. The summed E-state index contributed by atoms with van der Waals surface area (Å²) in [4.78, 5) is 18.3. The lowest BCUT2D eigenvalue weighted by Crippen LogP contribution is -2.45. The molecule has 1 atom stereocenters. The molecule has 1 fully saturated rings. The predicted octanol–water partition coefficient (Wildman–Crippen LogP) is 1.02. The van der Waals surface area contributed by atoms with Crippen LogP contribution in [0.2, 0.25) is 0 Å². The van der Waals surface area contributed by atoms with Gasteiger partial charge in [-0.1, -0.05) is 6.07 Å². The minimum atomic E-state index is -0.519. The van der Waals surface area contributed by atoms with Crippen LogP contribution in [0.15, 0.2) is 17.5 Å². The zero-order valence-corrected chi connectivity index (χ0v) is 10.4. The maximum absolute atomic E-state index is 12.1. The fraction of sp³-hybridized carbons (Fsp3) is 0.455. The van der Waals surface area contributed by atoms with Gasteiger partial charge in [-0.25, -0.2) is 5.06 Å². The standard InChI is InChI=1S/C11H15N3O2S/c1-16-14(7-8-3-2-6-17-8)11(15)10-9(12)4-5-13-10/h2-3,6,10,12-13H,4-5,7H2,1H3. The summed E-state index contributed by atoms with van der Waals surface area (Å²) in [6.45, 7) is 1.12. The number of hydrogen-bond acceptors (Lipinski definition) is 5. The summed E-state index contributed by atoms with van der Waals surface area (Å²) in [5.74, 6) is -0.191. The number of hydrogen-bond donors (Lipinski definition) is 2. The Hall–Kier alpha value is -1.24. The van der Waals surface area contributed by atoms with Crippen LogP contribution in [0.5, 0.6) is 0 Å². The summed E-state index contributed by atoms with van der Waals surface area (Å²) < 4.78 is 0. The van der Waals surface area contributed by atoms with Gasteiger partial charge in [0.15, 0.2) is 0 Å². The quantitative estimate of drug-likeness (QED) is 0.787.